The number of carboxylic acids is 1. The molecule has 0 radical (unpaired) electrons. The van der Waals surface area contributed by atoms with Gasteiger partial charge in [-0.3, -0.25) is 0 Å². The van der Waals surface area contributed by atoms with Gasteiger partial charge in [-0.2, -0.15) is 11.8 Å². The average Bonchev–Trinajstić information content (AvgIpc) is 2.26. The van der Waals surface area contributed by atoms with E-state index in [1.54, 1.807) is 23.9 Å². The Balaban J connectivity index is 2.75. The zero-order valence-electron chi connectivity index (χ0n) is 9.87. The molecule has 1 rings (SSSR count). The second-order valence-corrected chi connectivity index (χ2v) is 5.28. The lowest BCUT2D eigenvalue weighted by Gasteiger charge is -2.14. The summed E-state index contributed by atoms with van der Waals surface area (Å²) in [5.41, 5.74) is 0.837. The van der Waals surface area contributed by atoms with Crippen LogP contribution < -0.4 is 5.32 Å². The summed E-state index contributed by atoms with van der Waals surface area (Å²) < 4.78 is 0. The zero-order valence-corrected chi connectivity index (χ0v) is 11.4. The van der Waals surface area contributed by atoms with Crippen LogP contribution in [0.4, 0.5) is 5.69 Å². The molecule has 0 saturated carbocycles. The molecule has 0 heterocycles. The van der Waals surface area contributed by atoms with Crippen molar-refractivity contribution < 1.29 is 9.90 Å². The van der Waals surface area contributed by atoms with E-state index >= 15 is 0 Å². The molecule has 0 aromatic heterocycles. The molecule has 2 N–H and O–H groups in total. The Labute approximate surface area is 111 Å². The maximum absolute atomic E-state index is 11.0. The van der Waals surface area contributed by atoms with Crippen LogP contribution in [0.25, 0.3) is 0 Å². The molecule has 1 aromatic carbocycles. The zero-order chi connectivity index (χ0) is 12.8. The third-order valence-electron chi connectivity index (χ3n) is 2.30. The number of thioether (sulfide) groups is 1. The van der Waals surface area contributed by atoms with Crippen LogP contribution in [-0.2, 0) is 0 Å². The van der Waals surface area contributed by atoms with E-state index in [9.17, 15) is 4.79 Å². The Morgan fingerprint density at radius 3 is 2.88 bits per heavy atom. The minimum absolute atomic E-state index is 0.255. The molecular formula is C12H16ClNO2S. The Morgan fingerprint density at radius 1 is 1.59 bits per heavy atom. The molecule has 1 atom stereocenters. The smallest absolute Gasteiger partial charge is 0.337 e. The number of halogens is 1. The molecular weight excluding hydrogens is 258 g/mol. The van der Waals surface area contributed by atoms with Gasteiger partial charge in [-0.25, -0.2) is 4.79 Å². The highest BCUT2D eigenvalue weighted by atomic mass is 35.5. The Hall–Kier alpha value is -0.870. The van der Waals surface area contributed by atoms with Crippen molar-refractivity contribution in [3.05, 3.63) is 28.8 Å². The van der Waals surface area contributed by atoms with Gasteiger partial charge in [0.25, 0.3) is 0 Å². The highest BCUT2D eigenvalue weighted by molar-refractivity contribution is 7.98. The van der Waals surface area contributed by atoms with Crippen molar-refractivity contribution in [1.82, 2.24) is 0 Å². The van der Waals surface area contributed by atoms with E-state index in [-0.39, 0.29) is 5.56 Å². The van der Waals surface area contributed by atoms with Crippen LogP contribution in [0.3, 0.4) is 0 Å². The molecule has 1 aromatic rings. The minimum atomic E-state index is -0.943. The van der Waals surface area contributed by atoms with Gasteiger partial charge in [-0.05, 0) is 36.1 Å². The quantitative estimate of drug-likeness (QED) is 0.833. The maximum atomic E-state index is 11.0. The number of hydrogen-bond acceptors (Lipinski definition) is 3. The highest BCUT2D eigenvalue weighted by Gasteiger charge is 2.11. The van der Waals surface area contributed by atoms with E-state index in [0.717, 1.165) is 12.3 Å². The van der Waals surface area contributed by atoms with E-state index in [0.29, 0.717) is 16.6 Å². The molecule has 0 aliphatic heterocycles. The topological polar surface area (TPSA) is 49.3 Å². The van der Waals surface area contributed by atoms with E-state index in [1.165, 1.54) is 6.07 Å². The number of hydrogen-bond donors (Lipinski definition) is 2. The molecule has 1 unspecified atom stereocenters. The molecule has 0 spiro atoms. The highest BCUT2D eigenvalue weighted by Crippen LogP contribution is 2.21. The second kappa shape index (κ2) is 6.77. The lowest BCUT2D eigenvalue weighted by atomic mass is 10.1. The van der Waals surface area contributed by atoms with Crippen LogP contribution in [0, 0.1) is 5.92 Å². The fourth-order valence-corrected chi connectivity index (χ4v) is 2.34. The van der Waals surface area contributed by atoms with Crippen molar-refractivity contribution in [2.24, 2.45) is 5.92 Å². The van der Waals surface area contributed by atoms with Gasteiger partial charge in [0.05, 0.1) is 11.3 Å². The van der Waals surface area contributed by atoms with Gasteiger partial charge >= 0.3 is 5.97 Å². The number of aromatic carboxylic acids is 1. The lowest BCUT2D eigenvalue weighted by Crippen LogP contribution is -2.15. The Kier molecular flexibility index (Phi) is 5.65. The molecule has 0 saturated heterocycles. The van der Waals surface area contributed by atoms with Gasteiger partial charge in [0.1, 0.15) is 0 Å². The third kappa shape index (κ3) is 4.48. The molecule has 5 heteroatoms. The summed E-state index contributed by atoms with van der Waals surface area (Å²) in [6.45, 7) is 2.86. The van der Waals surface area contributed by atoms with Crippen molar-refractivity contribution in [2.45, 2.75) is 6.92 Å². The van der Waals surface area contributed by atoms with Crippen molar-refractivity contribution in [3.8, 4) is 0 Å². The second-order valence-electron chi connectivity index (χ2n) is 3.94. The molecule has 0 aliphatic rings. The molecule has 0 amide bonds. The Morgan fingerprint density at radius 2 is 2.29 bits per heavy atom. The predicted octanol–water partition coefficient (Wildman–Crippen LogP) is 3.45. The fraction of sp³-hybridized carbons (Fsp3) is 0.417. The summed E-state index contributed by atoms with van der Waals surface area (Å²) in [7, 11) is 0. The first kappa shape index (κ1) is 14.2. The van der Waals surface area contributed by atoms with E-state index in [4.69, 9.17) is 16.7 Å². The van der Waals surface area contributed by atoms with Crippen molar-refractivity contribution in [3.63, 3.8) is 0 Å². The first-order valence-electron chi connectivity index (χ1n) is 5.30. The number of carbonyl (C=O) groups is 1. The summed E-state index contributed by atoms with van der Waals surface area (Å²) in [5.74, 6) is 0.572. The minimum Gasteiger partial charge on any atom is -0.478 e. The monoisotopic (exact) mass is 273 g/mol. The van der Waals surface area contributed by atoms with Gasteiger partial charge in [-0.15, -0.1) is 0 Å². The summed E-state index contributed by atoms with van der Waals surface area (Å²) >= 11 is 7.64. The van der Waals surface area contributed by atoms with Gasteiger partial charge in [-0.1, -0.05) is 18.5 Å². The fourth-order valence-electron chi connectivity index (χ4n) is 1.48. The SMILES string of the molecule is CSCC(C)CNc1cc(Cl)ccc1C(=O)O. The molecule has 3 nitrogen and oxygen atoms in total. The van der Waals surface area contributed by atoms with E-state index in [2.05, 4.69) is 18.5 Å². The largest absolute Gasteiger partial charge is 0.478 e. The first-order valence-corrected chi connectivity index (χ1v) is 7.07. The van der Waals surface area contributed by atoms with E-state index < -0.39 is 5.97 Å². The molecule has 17 heavy (non-hydrogen) atoms. The van der Waals surface area contributed by atoms with Crippen LogP contribution in [0.2, 0.25) is 5.02 Å². The summed E-state index contributed by atoms with van der Waals surface area (Å²) in [6, 6.07) is 4.75. The maximum Gasteiger partial charge on any atom is 0.337 e. The van der Waals surface area contributed by atoms with Crippen molar-refractivity contribution >= 4 is 35.0 Å². The summed E-state index contributed by atoms with van der Waals surface area (Å²) in [4.78, 5) is 11.0. The summed E-state index contributed by atoms with van der Waals surface area (Å²) in [5, 5.41) is 12.7. The van der Waals surface area contributed by atoms with Crippen LogP contribution in [0.5, 0.6) is 0 Å². The average molecular weight is 274 g/mol. The molecule has 0 bridgehead atoms. The van der Waals surface area contributed by atoms with Crippen LogP contribution in [0.15, 0.2) is 18.2 Å². The molecule has 0 aliphatic carbocycles. The van der Waals surface area contributed by atoms with Crippen molar-refractivity contribution in [2.75, 3.05) is 23.9 Å². The molecule has 94 valence electrons. The predicted molar refractivity (Wildman–Crippen MR) is 74.4 cm³/mol. The number of anilines is 1. The van der Waals surface area contributed by atoms with Crippen LogP contribution in [-0.4, -0.2) is 29.6 Å². The number of carboxylic acid groups (broad SMARTS) is 1. The van der Waals surface area contributed by atoms with Crippen LogP contribution in [0.1, 0.15) is 17.3 Å². The van der Waals surface area contributed by atoms with Gasteiger partial charge < -0.3 is 10.4 Å². The number of benzene rings is 1. The summed E-state index contributed by atoms with van der Waals surface area (Å²) in [6.07, 6.45) is 2.05. The number of nitrogens with one attached hydrogen (secondary N) is 1. The Bertz CT molecular complexity index is 398. The van der Waals surface area contributed by atoms with Crippen LogP contribution >= 0.6 is 23.4 Å². The first-order chi connectivity index (χ1) is 8.04. The lowest BCUT2D eigenvalue weighted by molar-refractivity contribution is 0.0698. The van der Waals surface area contributed by atoms with Gasteiger partial charge in [0.15, 0.2) is 0 Å². The van der Waals surface area contributed by atoms with Crippen molar-refractivity contribution in [1.29, 1.82) is 0 Å². The molecule has 0 fully saturated rings. The number of rotatable bonds is 6. The standard InChI is InChI=1S/C12H16ClNO2S/c1-8(7-17-2)6-14-11-5-9(13)3-4-10(11)12(15)16/h3-5,8,14H,6-7H2,1-2H3,(H,15,16). The van der Waals surface area contributed by atoms with Gasteiger partial charge in [0.2, 0.25) is 0 Å². The normalized spacial score (nSPS) is 12.2. The van der Waals surface area contributed by atoms with Gasteiger partial charge in [0, 0.05) is 11.6 Å². The van der Waals surface area contributed by atoms with E-state index in [1.807, 2.05) is 0 Å². The third-order valence-corrected chi connectivity index (χ3v) is 3.44.